The fraction of sp³-hybridized carbons (Fsp3) is 0.190. The third-order valence-corrected chi connectivity index (χ3v) is 4.26. The average molecular weight is 362 g/mol. The Morgan fingerprint density at radius 1 is 0.963 bits per heavy atom. The zero-order chi connectivity index (χ0) is 19.4. The van der Waals surface area contributed by atoms with Crippen LogP contribution in [0.25, 0.3) is 0 Å². The minimum Gasteiger partial charge on any atom is -0.465 e. The first-order valence-corrected chi connectivity index (χ1v) is 8.60. The monoisotopic (exact) mass is 362 g/mol. The van der Waals surface area contributed by atoms with E-state index in [0.29, 0.717) is 23.0 Å². The summed E-state index contributed by atoms with van der Waals surface area (Å²) >= 11 is 0. The molecule has 0 saturated heterocycles. The molecule has 6 heteroatoms. The Hall–Kier alpha value is -3.41. The smallest absolute Gasteiger partial charge is 0.337 e. The molecule has 0 unspecified atom stereocenters. The normalized spacial score (nSPS) is 10.4. The molecule has 0 saturated carbocycles. The van der Waals surface area contributed by atoms with Gasteiger partial charge in [0.25, 0.3) is 0 Å². The number of benzene rings is 2. The highest BCUT2D eigenvalue weighted by Crippen LogP contribution is 2.23. The van der Waals surface area contributed by atoms with Crippen molar-refractivity contribution in [2.24, 2.45) is 0 Å². The number of carbonyl (C=O) groups excluding carboxylic acids is 1. The highest BCUT2D eigenvalue weighted by Gasteiger charge is 2.08. The summed E-state index contributed by atoms with van der Waals surface area (Å²) in [6.07, 6.45) is 0. The molecule has 0 bridgehead atoms. The Kier molecular flexibility index (Phi) is 5.35. The van der Waals surface area contributed by atoms with Crippen LogP contribution in [-0.4, -0.2) is 23.0 Å². The quantitative estimate of drug-likeness (QED) is 0.642. The van der Waals surface area contributed by atoms with E-state index in [1.54, 1.807) is 18.2 Å². The summed E-state index contributed by atoms with van der Waals surface area (Å²) in [5.41, 5.74) is 5.39. The van der Waals surface area contributed by atoms with Gasteiger partial charge in [-0.2, -0.15) is 4.98 Å². The predicted octanol–water partition coefficient (Wildman–Crippen LogP) is 4.68. The van der Waals surface area contributed by atoms with Gasteiger partial charge in [-0.15, -0.1) is 0 Å². The van der Waals surface area contributed by atoms with Crippen LogP contribution in [0.3, 0.4) is 0 Å². The Bertz CT molecular complexity index is 986. The van der Waals surface area contributed by atoms with Crippen LogP contribution in [0.2, 0.25) is 0 Å². The number of aromatic nitrogens is 2. The number of hydrogen-bond donors (Lipinski definition) is 2. The molecule has 6 nitrogen and oxygen atoms in total. The second-order valence-corrected chi connectivity index (χ2v) is 6.29. The van der Waals surface area contributed by atoms with Gasteiger partial charge in [0, 0.05) is 23.1 Å². The molecule has 27 heavy (non-hydrogen) atoms. The number of nitrogens with zero attached hydrogens (tertiary/aromatic N) is 2. The first kappa shape index (κ1) is 18.4. The van der Waals surface area contributed by atoms with E-state index < -0.39 is 0 Å². The minimum atomic E-state index is -0.388. The molecule has 3 aromatic rings. The van der Waals surface area contributed by atoms with E-state index >= 15 is 0 Å². The van der Waals surface area contributed by atoms with Crippen molar-refractivity contribution < 1.29 is 9.53 Å². The van der Waals surface area contributed by atoms with Gasteiger partial charge in [-0.1, -0.05) is 18.2 Å². The Balaban J connectivity index is 1.85. The van der Waals surface area contributed by atoms with E-state index in [4.69, 9.17) is 4.74 Å². The molecule has 2 N–H and O–H groups in total. The van der Waals surface area contributed by atoms with Gasteiger partial charge in [-0.25, -0.2) is 9.78 Å². The molecule has 0 amide bonds. The second kappa shape index (κ2) is 7.86. The van der Waals surface area contributed by atoms with Gasteiger partial charge >= 0.3 is 5.97 Å². The van der Waals surface area contributed by atoms with Gasteiger partial charge in [-0.3, -0.25) is 0 Å². The molecule has 1 heterocycles. The number of anilines is 4. The number of carbonyl (C=O) groups is 1. The van der Waals surface area contributed by atoms with Crippen molar-refractivity contribution in [3.63, 3.8) is 0 Å². The summed E-state index contributed by atoms with van der Waals surface area (Å²) in [6.45, 7) is 6.06. The fourth-order valence-corrected chi connectivity index (χ4v) is 2.68. The minimum absolute atomic E-state index is 0.388. The largest absolute Gasteiger partial charge is 0.465 e. The number of hydrogen-bond acceptors (Lipinski definition) is 6. The van der Waals surface area contributed by atoms with Crippen molar-refractivity contribution >= 4 is 29.1 Å². The molecule has 0 spiro atoms. The van der Waals surface area contributed by atoms with Crippen molar-refractivity contribution in [3.05, 3.63) is 70.9 Å². The number of rotatable bonds is 5. The van der Waals surface area contributed by atoms with Gasteiger partial charge in [-0.05, 0) is 56.2 Å². The van der Waals surface area contributed by atoms with Gasteiger partial charge < -0.3 is 15.4 Å². The van der Waals surface area contributed by atoms with Crippen LogP contribution in [0.15, 0.2) is 48.5 Å². The highest BCUT2D eigenvalue weighted by molar-refractivity contribution is 5.90. The van der Waals surface area contributed by atoms with Gasteiger partial charge in [0.1, 0.15) is 5.82 Å². The average Bonchev–Trinajstić information content (AvgIpc) is 2.64. The lowest BCUT2D eigenvalue weighted by Crippen LogP contribution is -2.05. The number of methoxy groups -OCH3 is 1. The topological polar surface area (TPSA) is 76.1 Å². The van der Waals surface area contributed by atoms with E-state index in [1.165, 1.54) is 18.2 Å². The maximum absolute atomic E-state index is 11.7. The van der Waals surface area contributed by atoms with Crippen molar-refractivity contribution in [1.82, 2.24) is 9.97 Å². The lowest BCUT2D eigenvalue weighted by Gasteiger charge is -2.13. The van der Waals surface area contributed by atoms with Crippen molar-refractivity contribution in [2.45, 2.75) is 20.8 Å². The number of ether oxygens (including phenoxy) is 1. The van der Waals surface area contributed by atoms with E-state index in [0.717, 1.165) is 11.4 Å². The predicted molar refractivity (Wildman–Crippen MR) is 107 cm³/mol. The van der Waals surface area contributed by atoms with Crippen LogP contribution in [-0.2, 0) is 4.74 Å². The highest BCUT2D eigenvalue weighted by atomic mass is 16.5. The van der Waals surface area contributed by atoms with Crippen LogP contribution < -0.4 is 10.6 Å². The summed E-state index contributed by atoms with van der Waals surface area (Å²) in [5, 5.41) is 6.50. The summed E-state index contributed by atoms with van der Waals surface area (Å²) in [5.74, 6) is 0.758. The lowest BCUT2D eigenvalue weighted by atomic mass is 10.1. The van der Waals surface area contributed by atoms with Gasteiger partial charge in [0.15, 0.2) is 0 Å². The maximum Gasteiger partial charge on any atom is 0.337 e. The Morgan fingerprint density at radius 3 is 2.52 bits per heavy atom. The first-order chi connectivity index (χ1) is 13.0. The Morgan fingerprint density at radius 2 is 1.74 bits per heavy atom. The summed E-state index contributed by atoms with van der Waals surface area (Å²) < 4.78 is 4.76. The molecular formula is C21H22N4O2. The molecule has 0 aliphatic carbocycles. The Labute approximate surface area is 158 Å². The zero-order valence-electron chi connectivity index (χ0n) is 15.8. The molecular weight excluding hydrogens is 340 g/mol. The third kappa shape index (κ3) is 4.41. The fourth-order valence-electron chi connectivity index (χ4n) is 2.68. The molecule has 0 fully saturated rings. The second-order valence-electron chi connectivity index (χ2n) is 6.29. The SMILES string of the molecule is COC(=O)c1cccc(Nc2nc(C)cc(Nc3cccc(C)c3C)n2)c1. The van der Waals surface area contributed by atoms with Crippen LogP contribution >= 0.6 is 0 Å². The molecule has 0 aliphatic rings. The molecule has 138 valence electrons. The van der Waals surface area contributed by atoms with Crippen molar-refractivity contribution in [2.75, 3.05) is 17.7 Å². The van der Waals surface area contributed by atoms with E-state index in [-0.39, 0.29) is 5.97 Å². The lowest BCUT2D eigenvalue weighted by molar-refractivity contribution is 0.0601. The van der Waals surface area contributed by atoms with Crippen molar-refractivity contribution in [3.8, 4) is 0 Å². The molecule has 0 aliphatic heterocycles. The van der Waals surface area contributed by atoms with Gasteiger partial charge in [0.2, 0.25) is 5.95 Å². The maximum atomic E-state index is 11.7. The summed E-state index contributed by atoms with van der Waals surface area (Å²) in [7, 11) is 1.36. The van der Waals surface area contributed by atoms with E-state index in [2.05, 4.69) is 40.5 Å². The number of esters is 1. The standard InChI is InChI=1S/C21H22N4O2/c1-13-7-5-10-18(15(13)3)24-19-11-14(2)22-21(25-19)23-17-9-6-8-16(12-17)20(26)27-4/h5-12H,1-4H3,(H2,22,23,24,25). The summed E-state index contributed by atoms with van der Waals surface area (Å²) in [4.78, 5) is 20.7. The first-order valence-electron chi connectivity index (χ1n) is 8.60. The molecule has 0 atom stereocenters. The summed E-state index contributed by atoms with van der Waals surface area (Å²) in [6, 6.07) is 15.0. The molecule has 3 rings (SSSR count). The van der Waals surface area contributed by atoms with E-state index in [1.807, 2.05) is 31.2 Å². The zero-order valence-corrected chi connectivity index (χ0v) is 15.8. The van der Waals surface area contributed by atoms with Gasteiger partial charge in [0.05, 0.1) is 12.7 Å². The van der Waals surface area contributed by atoms with Crippen LogP contribution in [0.5, 0.6) is 0 Å². The van der Waals surface area contributed by atoms with E-state index in [9.17, 15) is 4.79 Å². The molecule has 2 aromatic carbocycles. The third-order valence-electron chi connectivity index (χ3n) is 4.26. The van der Waals surface area contributed by atoms with Crippen molar-refractivity contribution in [1.29, 1.82) is 0 Å². The van der Waals surface area contributed by atoms with Crippen LogP contribution in [0.1, 0.15) is 27.2 Å². The van der Waals surface area contributed by atoms with Crippen LogP contribution in [0, 0.1) is 20.8 Å². The molecule has 0 radical (unpaired) electrons. The molecule has 1 aromatic heterocycles. The van der Waals surface area contributed by atoms with Crippen LogP contribution in [0.4, 0.5) is 23.1 Å². The number of aryl methyl sites for hydroxylation is 2. The number of nitrogens with one attached hydrogen (secondary N) is 2.